The number of primary amides is 1. The van der Waals surface area contributed by atoms with E-state index in [1.54, 1.807) is 14.1 Å². The standard InChI is InChI=1S/C27H27N3O9/c1-29(2)18-12-8-9-7-11-10(16-19(30(3)4)23(35)22(16)34)5-6-13(31)15(11)20(32)14(9)24(36)27(12,39)25(37)17(21(18)33)26(28)38/h5-6,9,12,14,17-18,31,39H,7-8H2,1-4H3,(H2,28,38)/t9-,12-,14?,17?,18-,27-/m0/s1. The molecule has 12 nitrogen and oxygen atoms in total. The molecule has 0 heterocycles. The van der Waals surface area contributed by atoms with Crippen molar-refractivity contribution < 1.29 is 34.2 Å². The van der Waals surface area contributed by atoms with Crippen LogP contribution in [0.25, 0.3) is 11.1 Å². The van der Waals surface area contributed by atoms with Crippen LogP contribution in [0.5, 0.6) is 5.75 Å². The number of nitrogens with zero attached hydrogens (tertiary/aromatic N) is 2. The molecule has 2 saturated carbocycles. The van der Waals surface area contributed by atoms with Gasteiger partial charge in [-0.2, -0.15) is 0 Å². The fourth-order valence-corrected chi connectivity index (χ4v) is 6.90. The van der Waals surface area contributed by atoms with Gasteiger partial charge in [-0.25, -0.2) is 0 Å². The summed E-state index contributed by atoms with van der Waals surface area (Å²) < 4.78 is 0. The van der Waals surface area contributed by atoms with Crippen molar-refractivity contribution in [2.45, 2.75) is 24.5 Å². The summed E-state index contributed by atoms with van der Waals surface area (Å²) in [6.45, 7) is 0. The number of ketones is 4. The molecule has 3 aliphatic rings. The van der Waals surface area contributed by atoms with Crippen LogP contribution in [0.15, 0.2) is 21.7 Å². The summed E-state index contributed by atoms with van der Waals surface area (Å²) in [6.07, 6.45) is -0.132. The Morgan fingerprint density at radius 2 is 1.62 bits per heavy atom. The Labute approximate surface area is 221 Å². The van der Waals surface area contributed by atoms with Gasteiger partial charge in [0, 0.05) is 20.0 Å². The van der Waals surface area contributed by atoms with Crippen molar-refractivity contribution in [2.24, 2.45) is 29.4 Å². The third-order valence-corrected chi connectivity index (χ3v) is 8.55. The van der Waals surface area contributed by atoms with Crippen LogP contribution in [-0.2, 0) is 25.6 Å². The Morgan fingerprint density at radius 3 is 2.18 bits per heavy atom. The molecule has 1 amide bonds. The van der Waals surface area contributed by atoms with Crippen LogP contribution in [0.2, 0.25) is 0 Å². The SMILES string of the molecule is CN(C)c1c(-c2ccc(O)c3c2C[C@H]2C[C@H]4[C@H](N(C)C)C(=O)C(C(N)=O)C(=O)[C@@]4(O)C(=O)C2C3=O)c(=O)c1=O. The molecule has 0 radical (unpaired) electrons. The van der Waals surface area contributed by atoms with Crippen molar-refractivity contribution in [1.29, 1.82) is 0 Å². The van der Waals surface area contributed by atoms with E-state index in [4.69, 9.17) is 5.73 Å². The van der Waals surface area contributed by atoms with Gasteiger partial charge in [-0.3, -0.25) is 38.5 Å². The first-order valence-electron chi connectivity index (χ1n) is 12.4. The van der Waals surface area contributed by atoms with Gasteiger partial charge in [-0.1, -0.05) is 6.07 Å². The highest BCUT2D eigenvalue weighted by atomic mass is 16.3. The number of phenols is 1. The highest BCUT2D eigenvalue weighted by Gasteiger charge is 2.69. The lowest BCUT2D eigenvalue weighted by Crippen LogP contribution is -2.74. The summed E-state index contributed by atoms with van der Waals surface area (Å²) in [5.74, 6) is -11.6. The number of anilines is 1. The van der Waals surface area contributed by atoms with Gasteiger partial charge in [0.15, 0.2) is 34.7 Å². The van der Waals surface area contributed by atoms with Gasteiger partial charge in [-0.15, -0.1) is 0 Å². The quantitative estimate of drug-likeness (QED) is 0.294. The zero-order valence-corrected chi connectivity index (χ0v) is 21.7. The number of carbonyl (C=O) groups excluding carboxylic acids is 5. The Bertz CT molecular complexity index is 1580. The normalized spacial score (nSPS) is 30.3. The number of hydrogen-bond acceptors (Lipinski definition) is 11. The third-order valence-electron chi connectivity index (χ3n) is 8.55. The van der Waals surface area contributed by atoms with E-state index in [1.807, 2.05) is 0 Å². The lowest BCUT2D eigenvalue weighted by molar-refractivity contribution is -0.181. The maximum Gasteiger partial charge on any atom is 0.250 e. The molecule has 12 heteroatoms. The van der Waals surface area contributed by atoms with Crippen molar-refractivity contribution in [3.05, 3.63) is 43.7 Å². The van der Waals surface area contributed by atoms with Gasteiger partial charge in [-0.05, 0) is 50.0 Å². The highest BCUT2D eigenvalue weighted by molar-refractivity contribution is 6.32. The Morgan fingerprint density at radius 1 is 0.974 bits per heavy atom. The second-order valence-corrected chi connectivity index (χ2v) is 11.1. The van der Waals surface area contributed by atoms with Gasteiger partial charge in [0.2, 0.25) is 16.8 Å². The summed E-state index contributed by atoms with van der Waals surface area (Å²) in [6, 6.07) is 1.40. The Kier molecular flexibility index (Phi) is 5.78. The molecule has 0 spiro atoms. The van der Waals surface area contributed by atoms with E-state index in [1.165, 1.54) is 36.0 Å². The predicted octanol–water partition coefficient (Wildman–Crippen LogP) is -1.80. The molecule has 39 heavy (non-hydrogen) atoms. The lowest BCUT2D eigenvalue weighted by atomic mass is 9.52. The molecule has 0 aliphatic heterocycles. The van der Waals surface area contributed by atoms with Gasteiger partial charge in [0.05, 0.1) is 23.1 Å². The maximum absolute atomic E-state index is 13.9. The van der Waals surface area contributed by atoms with Gasteiger partial charge >= 0.3 is 0 Å². The summed E-state index contributed by atoms with van der Waals surface area (Å²) in [4.78, 5) is 93.9. The van der Waals surface area contributed by atoms with Gasteiger partial charge in [0.25, 0.3) is 0 Å². The van der Waals surface area contributed by atoms with Crippen molar-refractivity contribution in [1.82, 2.24) is 4.90 Å². The van der Waals surface area contributed by atoms with E-state index in [-0.39, 0.29) is 40.8 Å². The minimum Gasteiger partial charge on any atom is -0.507 e. The number of aliphatic hydroxyl groups is 1. The molecule has 4 N–H and O–H groups in total. The molecule has 6 atom stereocenters. The maximum atomic E-state index is 13.9. The smallest absolute Gasteiger partial charge is 0.250 e. The number of nitrogens with two attached hydrogens (primary N) is 1. The largest absolute Gasteiger partial charge is 0.507 e. The van der Waals surface area contributed by atoms with Crippen molar-refractivity contribution in [2.75, 3.05) is 33.1 Å². The summed E-state index contributed by atoms with van der Waals surface area (Å²) in [5, 5.41) is 22.3. The number of hydrogen-bond donors (Lipinski definition) is 3. The molecule has 0 aromatic heterocycles. The zero-order valence-electron chi connectivity index (χ0n) is 21.7. The van der Waals surface area contributed by atoms with E-state index < -0.39 is 81.0 Å². The third kappa shape index (κ3) is 3.27. The van der Waals surface area contributed by atoms with E-state index in [0.717, 1.165) is 0 Å². The van der Waals surface area contributed by atoms with Crippen LogP contribution in [0.1, 0.15) is 22.3 Å². The molecule has 2 fully saturated rings. The molecular weight excluding hydrogens is 510 g/mol. The number of rotatable bonds is 4. The fraction of sp³-hybridized carbons (Fsp3) is 0.444. The average molecular weight is 538 g/mol. The molecule has 3 aliphatic carbocycles. The molecule has 2 unspecified atom stereocenters. The van der Waals surface area contributed by atoms with E-state index in [0.29, 0.717) is 0 Å². The van der Waals surface area contributed by atoms with Crippen LogP contribution >= 0.6 is 0 Å². The Hall–Kier alpha value is -4.03. The minimum absolute atomic E-state index is 0.0126. The first kappa shape index (κ1) is 26.6. The van der Waals surface area contributed by atoms with Gasteiger partial charge < -0.3 is 20.8 Å². The summed E-state index contributed by atoms with van der Waals surface area (Å²) >= 11 is 0. The van der Waals surface area contributed by atoms with Crippen molar-refractivity contribution >= 4 is 34.7 Å². The molecule has 0 saturated heterocycles. The summed E-state index contributed by atoms with van der Waals surface area (Å²) in [7, 11) is 6.18. The lowest BCUT2D eigenvalue weighted by Gasteiger charge is -2.52. The Balaban J connectivity index is 1.68. The first-order chi connectivity index (χ1) is 18.2. The molecule has 2 aromatic carbocycles. The van der Waals surface area contributed by atoms with Crippen LogP contribution in [-0.4, -0.2) is 84.0 Å². The fourth-order valence-electron chi connectivity index (χ4n) is 6.90. The average Bonchev–Trinajstić information content (AvgIpc) is 2.84. The molecular formula is C27H27N3O9. The van der Waals surface area contributed by atoms with Crippen molar-refractivity contribution in [3.63, 3.8) is 0 Å². The monoisotopic (exact) mass is 537 g/mol. The van der Waals surface area contributed by atoms with Crippen LogP contribution in [0.4, 0.5) is 5.69 Å². The minimum atomic E-state index is -2.82. The number of phenolic OH excluding ortho intramolecular Hbond substituents is 1. The zero-order chi connectivity index (χ0) is 28.9. The van der Waals surface area contributed by atoms with Crippen LogP contribution in [0.3, 0.4) is 0 Å². The number of aromatic hydroxyl groups is 1. The number of fused-ring (bicyclic) bond motifs is 3. The topological polar surface area (TPSA) is 192 Å². The molecule has 204 valence electrons. The number of benzene rings is 1. The van der Waals surface area contributed by atoms with Crippen molar-refractivity contribution in [3.8, 4) is 16.9 Å². The van der Waals surface area contributed by atoms with E-state index >= 15 is 0 Å². The molecule has 5 rings (SSSR count). The molecule has 2 aromatic rings. The predicted molar refractivity (Wildman–Crippen MR) is 136 cm³/mol. The highest BCUT2D eigenvalue weighted by Crippen LogP contribution is 2.51. The van der Waals surface area contributed by atoms with E-state index in [9.17, 15) is 43.8 Å². The first-order valence-corrected chi connectivity index (χ1v) is 12.4. The molecule has 0 bridgehead atoms. The van der Waals surface area contributed by atoms with Gasteiger partial charge in [0.1, 0.15) is 11.4 Å². The van der Waals surface area contributed by atoms with E-state index in [2.05, 4.69) is 0 Å². The number of carbonyl (C=O) groups is 5. The second-order valence-electron chi connectivity index (χ2n) is 11.1. The number of likely N-dealkylation sites (N-methyl/N-ethyl adjacent to an activating group) is 1. The number of Topliss-reactive ketones (excluding diaryl/α,β-unsaturated/α-hetero) is 4. The number of amides is 1. The van der Waals surface area contributed by atoms with Crippen LogP contribution in [0, 0.1) is 23.7 Å². The summed E-state index contributed by atoms with van der Waals surface area (Å²) in [5.41, 5.74) is 1.59. The second kappa shape index (κ2) is 8.48. The van der Waals surface area contributed by atoms with Crippen LogP contribution < -0.4 is 21.5 Å².